The number of fused-ring (bicyclic) bond motifs is 1. The fourth-order valence-electron chi connectivity index (χ4n) is 3.42. The van der Waals surface area contributed by atoms with Gasteiger partial charge in [-0.2, -0.15) is 0 Å². The van der Waals surface area contributed by atoms with E-state index in [4.69, 9.17) is 0 Å². The molecule has 32 heavy (non-hydrogen) atoms. The zero-order chi connectivity index (χ0) is 22.7. The normalized spacial score (nSPS) is 10.6. The van der Waals surface area contributed by atoms with Gasteiger partial charge in [0.1, 0.15) is 5.82 Å². The first-order valence-corrected chi connectivity index (χ1v) is 10.0. The van der Waals surface area contributed by atoms with Gasteiger partial charge in [-0.3, -0.25) is 9.59 Å². The molecule has 3 aromatic carbocycles. The van der Waals surface area contributed by atoms with Crippen molar-refractivity contribution in [3.63, 3.8) is 0 Å². The molecule has 4 rings (SSSR count). The van der Waals surface area contributed by atoms with Crippen LogP contribution in [0.5, 0.6) is 0 Å². The number of hydrogen-bond donors (Lipinski definition) is 3. The number of anilines is 3. The van der Waals surface area contributed by atoms with Crippen molar-refractivity contribution in [2.75, 3.05) is 17.7 Å². The van der Waals surface area contributed by atoms with Gasteiger partial charge in [0.15, 0.2) is 5.82 Å². The number of hydrogen-bond acceptors (Lipinski definition) is 4. The monoisotopic (exact) mass is 428 g/mol. The highest BCUT2D eigenvalue weighted by atomic mass is 19.1. The Bertz CT molecular complexity index is 1340. The molecule has 0 radical (unpaired) electrons. The highest BCUT2D eigenvalue weighted by Gasteiger charge is 2.17. The van der Waals surface area contributed by atoms with Crippen LogP contribution in [-0.4, -0.2) is 23.8 Å². The molecule has 0 bridgehead atoms. The van der Waals surface area contributed by atoms with Crippen molar-refractivity contribution in [1.82, 2.24) is 10.3 Å². The van der Waals surface area contributed by atoms with Crippen LogP contribution in [0.3, 0.4) is 0 Å². The maximum absolute atomic E-state index is 14.2. The van der Waals surface area contributed by atoms with E-state index >= 15 is 0 Å². The summed E-state index contributed by atoms with van der Waals surface area (Å²) >= 11 is 0. The van der Waals surface area contributed by atoms with Crippen LogP contribution < -0.4 is 16.0 Å². The maximum Gasteiger partial charge on any atom is 0.256 e. The number of para-hydroxylation sites is 1. The van der Waals surface area contributed by atoms with Gasteiger partial charge in [0, 0.05) is 29.9 Å². The van der Waals surface area contributed by atoms with Crippen LogP contribution in [0.4, 0.5) is 21.6 Å². The van der Waals surface area contributed by atoms with E-state index in [0.29, 0.717) is 33.4 Å². The number of aryl methyl sites for hydroxylation is 1. The lowest BCUT2D eigenvalue weighted by atomic mass is 10.0. The number of carbonyl (C=O) groups excluding carboxylic acids is 2. The van der Waals surface area contributed by atoms with Gasteiger partial charge in [0.2, 0.25) is 0 Å². The summed E-state index contributed by atoms with van der Waals surface area (Å²) in [6, 6.07) is 18.7. The van der Waals surface area contributed by atoms with Gasteiger partial charge in [-0.25, -0.2) is 9.37 Å². The molecule has 1 heterocycles. The van der Waals surface area contributed by atoms with E-state index in [1.165, 1.54) is 25.4 Å². The number of carbonyl (C=O) groups is 2. The lowest BCUT2D eigenvalue weighted by molar-refractivity contribution is 0.0961. The third kappa shape index (κ3) is 4.13. The fourth-order valence-corrected chi connectivity index (χ4v) is 3.42. The smallest absolute Gasteiger partial charge is 0.256 e. The molecular weight excluding hydrogens is 407 g/mol. The van der Waals surface area contributed by atoms with Crippen molar-refractivity contribution in [2.24, 2.45) is 0 Å². The summed E-state index contributed by atoms with van der Waals surface area (Å²) in [5.74, 6) is -0.790. The lowest BCUT2D eigenvalue weighted by Crippen LogP contribution is -2.20. The first-order chi connectivity index (χ1) is 15.5. The standard InChI is InChI=1S/C25H21FN4O2/c1-15-7-3-6-10-21(15)29-23-22(13-16(14-28-23)24(31)27-2)30-25(32)19-11-12-20(26)18-9-5-4-8-17(18)19/h3-14H,1-2H3,(H,27,31)(H,28,29)(H,30,32). The molecule has 0 spiro atoms. The Kier molecular flexibility index (Phi) is 5.81. The van der Waals surface area contributed by atoms with Gasteiger partial charge in [0.25, 0.3) is 11.8 Å². The molecule has 160 valence electrons. The van der Waals surface area contributed by atoms with Crippen LogP contribution in [0, 0.1) is 12.7 Å². The minimum Gasteiger partial charge on any atom is -0.355 e. The average Bonchev–Trinajstić information content (AvgIpc) is 2.81. The number of nitrogens with zero attached hydrogens (tertiary/aromatic N) is 1. The van der Waals surface area contributed by atoms with Crippen LogP contribution in [0.2, 0.25) is 0 Å². The zero-order valence-electron chi connectivity index (χ0n) is 17.6. The Morgan fingerprint density at radius 2 is 1.59 bits per heavy atom. The van der Waals surface area contributed by atoms with E-state index in [9.17, 15) is 14.0 Å². The average molecular weight is 428 g/mol. The summed E-state index contributed by atoms with van der Waals surface area (Å²) in [5, 5.41) is 9.44. The van der Waals surface area contributed by atoms with E-state index in [2.05, 4.69) is 20.9 Å². The van der Waals surface area contributed by atoms with E-state index in [-0.39, 0.29) is 5.91 Å². The van der Waals surface area contributed by atoms with E-state index in [0.717, 1.165) is 11.3 Å². The molecule has 0 fully saturated rings. The molecule has 1 aromatic heterocycles. The molecule has 2 amide bonds. The van der Waals surface area contributed by atoms with E-state index in [1.807, 2.05) is 31.2 Å². The van der Waals surface area contributed by atoms with Gasteiger partial charge >= 0.3 is 0 Å². The SMILES string of the molecule is CNC(=O)c1cnc(Nc2ccccc2C)c(NC(=O)c2ccc(F)c3ccccc23)c1. The van der Waals surface area contributed by atoms with Crippen molar-refractivity contribution in [3.05, 3.63) is 95.4 Å². The van der Waals surface area contributed by atoms with Crippen LogP contribution in [0.25, 0.3) is 10.8 Å². The van der Waals surface area contributed by atoms with E-state index < -0.39 is 11.7 Å². The number of pyridine rings is 1. The maximum atomic E-state index is 14.2. The zero-order valence-corrected chi connectivity index (χ0v) is 17.6. The Morgan fingerprint density at radius 3 is 2.34 bits per heavy atom. The molecule has 0 aliphatic heterocycles. The van der Waals surface area contributed by atoms with Crippen molar-refractivity contribution in [3.8, 4) is 0 Å². The predicted octanol–water partition coefficient (Wildman–Crippen LogP) is 5.04. The third-order valence-electron chi connectivity index (χ3n) is 5.14. The largest absolute Gasteiger partial charge is 0.355 e. The highest BCUT2D eigenvalue weighted by molar-refractivity contribution is 6.14. The molecular formula is C25H21FN4O2. The lowest BCUT2D eigenvalue weighted by Gasteiger charge is -2.15. The first-order valence-electron chi connectivity index (χ1n) is 10.0. The van der Waals surface area contributed by atoms with Gasteiger partial charge in [-0.05, 0) is 42.1 Å². The van der Waals surface area contributed by atoms with Crippen LogP contribution in [0.15, 0.2) is 72.9 Å². The Hall–Kier alpha value is -4.26. The van der Waals surface area contributed by atoms with Crippen LogP contribution in [-0.2, 0) is 0 Å². The van der Waals surface area contributed by atoms with Crippen molar-refractivity contribution in [1.29, 1.82) is 0 Å². The van der Waals surface area contributed by atoms with Crippen LogP contribution in [0.1, 0.15) is 26.3 Å². The second-order valence-corrected chi connectivity index (χ2v) is 7.23. The van der Waals surface area contributed by atoms with E-state index in [1.54, 1.807) is 30.3 Å². The van der Waals surface area contributed by atoms with Gasteiger partial charge in [-0.15, -0.1) is 0 Å². The number of halogens is 1. The second kappa shape index (κ2) is 8.85. The van der Waals surface area contributed by atoms with Crippen molar-refractivity contribution >= 4 is 39.8 Å². The molecule has 0 atom stereocenters. The summed E-state index contributed by atoms with van der Waals surface area (Å²) in [5.41, 5.74) is 2.74. The van der Waals surface area contributed by atoms with Gasteiger partial charge in [0.05, 0.1) is 11.3 Å². The molecule has 3 N–H and O–H groups in total. The van der Waals surface area contributed by atoms with Crippen LogP contribution >= 0.6 is 0 Å². The number of rotatable bonds is 5. The molecule has 0 aliphatic rings. The summed E-state index contributed by atoms with van der Waals surface area (Å²) in [6.45, 7) is 1.95. The number of benzene rings is 3. The molecule has 0 unspecified atom stereocenters. The Labute approximate surface area is 184 Å². The Morgan fingerprint density at radius 1 is 0.875 bits per heavy atom. The van der Waals surface area contributed by atoms with Gasteiger partial charge < -0.3 is 16.0 Å². The minimum atomic E-state index is -0.440. The summed E-state index contributed by atoms with van der Waals surface area (Å²) in [6.07, 6.45) is 1.43. The first kappa shape index (κ1) is 21.0. The van der Waals surface area contributed by atoms with Gasteiger partial charge in [-0.1, -0.05) is 42.5 Å². The predicted molar refractivity (Wildman–Crippen MR) is 124 cm³/mol. The fraction of sp³-hybridized carbons (Fsp3) is 0.0800. The molecule has 0 saturated heterocycles. The summed E-state index contributed by atoms with van der Waals surface area (Å²) < 4.78 is 14.2. The molecule has 7 heteroatoms. The molecule has 6 nitrogen and oxygen atoms in total. The second-order valence-electron chi connectivity index (χ2n) is 7.23. The topological polar surface area (TPSA) is 83.1 Å². The molecule has 0 saturated carbocycles. The molecule has 4 aromatic rings. The summed E-state index contributed by atoms with van der Waals surface area (Å²) in [4.78, 5) is 29.7. The molecule has 0 aliphatic carbocycles. The van der Waals surface area contributed by atoms with Crippen molar-refractivity contribution < 1.29 is 14.0 Å². The highest BCUT2D eigenvalue weighted by Crippen LogP contribution is 2.28. The Balaban J connectivity index is 1.74. The quantitative estimate of drug-likeness (QED) is 0.416. The number of amides is 2. The number of nitrogens with one attached hydrogen (secondary N) is 3. The summed E-state index contributed by atoms with van der Waals surface area (Å²) in [7, 11) is 1.52. The minimum absolute atomic E-state index is 0.294. The third-order valence-corrected chi connectivity index (χ3v) is 5.14. The number of aromatic nitrogens is 1. The van der Waals surface area contributed by atoms with Crippen molar-refractivity contribution in [2.45, 2.75) is 6.92 Å².